The molecule has 3 nitrogen and oxygen atoms in total. The topological polar surface area (TPSA) is 42.0 Å². The molecule has 20 heavy (non-hydrogen) atoms. The molecule has 1 heterocycles. The van der Waals surface area contributed by atoms with Crippen molar-refractivity contribution in [3.05, 3.63) is 44.3 Å². The summed E-state index contributed by atoms with van der Waals surface area (Å²) in [5.74, 6) is -0.824. The molecule has 0 fully saturated rings. The molecular formula is C12H8BrF3N2OS. The average Bonchev–Trinajstić information content (AvgIpc) is 2.83. The standard InChI is InChI=1S/C12H8BrF3N2OS/c1-6-2-3-7(4-8(6)13)18-11(19)9-10(12(14,15)16)17-5-20-9/h2-5H,1H3,(H,18,19). The Morgan fingerprint density at radius 1 is 1.40 bits per heavy atom. The van der Waals surface area contributed by atoms with Gasteiger partial charge in [-0.05, 0) is 24.6 Å². The Balaban J connectivity index is 2.25. The van der Waals surface area contributed by atoms with Crippen LogP contribution in [-0.4, -0.2) is 10.9 Å². The number of hydrogen-bond donors (Lipinski definition) is 1. The van der Waals surface area contributed by atoms with E-state index in [0.29, 0.717) is 17.0 Å². The van der Waals surface area contributed by atoms with E-state index in [0.717, 1.165) is 15.5 Å². The highest BCUT2D eigenvalue weighted by Gasteiger charge is 2.38. The minimum atomic E-state index is -4.64. The second-order valence-corrected chi connectivity index (χ2v) is 5.66. The van der Waals surface area contributed by atoms with E-state index in [1.165, 1.54) is 0 Å². The summed E-state index contributed by atoms with van der Waals surface area (Å²) in [6.07, 6.45) is -4.64. The third kappa shape index (κ3) is 3.18. The van der Waals surface area contributed by atoms with Crippen molar-refractivity contribution >= 4 is 38.9 Å². The lowest BCUT2D eigenvalue weighted by Crippen LogP contribution is -2.17. The monoisotopic (exact) mass is 364 g/mol. The van der Waals surface area contributed by atoms with E-state index in [4.69, 9.17) is 0 Å². The minimum Gasteiger partial charge on any atom is -0.321 e. The van der Waals surface area contributed by atoms with E-state index in [2.05, 4.69) is 26.2 Å². The third-order valence-corrected chi connectivity index (χ3v) is 4.15. The number of anilines is 1. The number of amides is 1. The quantitative estimate of drug-likeness (QED) is 0.853. The highest BCUT2D eigenvalue weighted by Crippen LogP contribution is 2.33. The van der Waals surface area contributed by atoms with Gasteiger partial charge in [-0.3, -0.25) is 4.79 Å². The average molecular weight is 365 g/mol. The summed E-state index contributed by atoms with van der Waals surface area (Å²) >= 11 is 3.95. The Labute approximate surface area is 125 Å². The molecule has 0 bridgehead atoms. The zero-order valence-electron chi connectivity index (χ0n) is 10.1. The molecule has 1 aromatic heterocycles. The summed E-state index contributed by atoms with van der Waals surface area (Å²) in [6.45, 7) is 1.86. The smallest absolute Gasteiger partial charge is 0.321 e. The fourth-order valence-corrected chi connectivity index (χ4v) is 2.55. The Bertz CT molecular complexity index is 654. The first-order valence-corrected chi connectivity index (χ1v) is 7.04. The molecule has 0 aliphatic heterocycles. The molecule has 0 atom stereocenters. The Hall–Kier alpha value is -1.41. The van der Waals surface area contributed by atoms with E-state index in [1.807, 2.05) is 6.92 Å². The van der Waals surface area contributed by atoms with Crippen molar-refractivity contribution in [1.82, 2.24) is 4.98 Å². The van der Waals surface area contributed by atoms with Crippen LogP contribution in [0.3, 0.4) is 0 Å². The summed E-state index contributed by atoms with van der Waals surface area (Å²) in [5.41, 5.74) is 1.21. The van der Waals surface area contributed by atoms with Crippen LogP contribution in [0.4, 0.5) is 18.9 Å². The molecular weight excluding hydrogens is 357 g/mol. The number of benzene rings is 1. The van der Waals surface area contributed by atoms with Gasteiger partial charge in [0.05, 0.1) is 5.51 Å². The first-order chi connectivity index (χ1) is 9.29. The van der Waals surface area contributed by atoms with Crippen molar-refractivity contribution < 1.29 is 18.0 Å². The van der Waals surface area contributed by atoms with Crippen LogP contribution in [0.5, 0.6) is 0 Å². The zero-order valence-corrected chi connectivity index (χ0v) is 12.5. The molecule has 2 rings (SSSR count). The van der Waals surface area contributed by atoms with Gasteiger partial charge in [-0.15, -0.1) is 11.3 Å². The van der Waals surface area contributed by atoms with Crippen molar-refractivity contribution in [3.8, 4) is 0 Å². The van der Waals surface area contributed by atoms with Gasteiger partial charge >= 0.3 is 6.18 Å². The SMILES string of the molecule is Cc1ccc(NC(=O)c2scnc2C(F)(F)F)cc1Br. The van der Waals surface area contributed by atoms with Gasteiger partial charge in [-0.25, -0.2) is 4.98 Å². The predicted molar refractivity (Wildman–Crippen MR) is 73.9 cm³/mol. The molecule has 0 aliphatic rings. The molecule has 1 amide bonds. The largest absolute Gasteiger partial charge is 0.434 e. The number of thiazole rings is 1. The number of halogens is 4. The molecule has 8 heteroatoms. The summed E-state index contributed by atoms with van der Waals surface area (Å²) in [7, 11) is 0. The van der Waals surface area contributed by atoms with Gasteiger partial charge in [-0.1, -0.05) is 22.0 Å². The molecule has 0 saturated heterocycles. The van der Waals surface area contributed by atoms with Crippen LogP contribution in [0.25, 0.3) is 0 Å². The first-order valence-electron chi connectivity index (χ1n) is 5.37. The molecule has 2 aromatic rings. The van der Waals surface area contributed by atoms with E-state index < -0.39 is 22.7 Å². The van der Waals surface area contributed by atoms with Crippen molar-refractivity contribution in [2.75, 3.05) is 5.32 Å². The predicted octanol–water partition coefficient (Wildman–Crippen LogP) is 4.49. The number of carbonyl (C=O) groups excluding carboxylic acids is 1. The molecule has 0 saturated carbocycles. The van der Waals surface area contributed by atoms with Crippen molar-refractivity contribution in [2.24, 2.45) is 0 Å². The van der Waals surface area contributed by atoms with Crippen LogP contribution in [-0.2, 0) is 6.18 Å². The van der Waals surface area contributed by atoms with Crippen LogP contribution in [0, 0.1) is 6.92 Å². The second-order valence-electron chi connectivity index (χ2n) is 3.95. The van der Waals surface area contributed by atoms with Gasteiger partial charge in [-0.2, -0.15) is 13.2 Å². The van der Waals surface area contributed by atoms with Crippen molar-refractivity contribution in [1.29, 1.82) is 0 Å². The van der Waals surface area contributed by atoms with Gasteiger partial charge in [0.1, 0.15) is 4.88 Å². The number of aromatic nitrogens is 1. The number of rotatable bonds is 2. The number of aryl methyl sites for hydroxylation is 1. The summed E-state index contributed by atoms with van der Waals surface area (Å²) in [5, 5.41) is 2.43. The number of nitrogens with zero attached hydrogens (tertiary/aromatic N) is 1. The summed E-state index contributed by atoms with van der Waals surface area (Å²) in [6, 6.07) is 4.99. The number of nitrogens with one attached hydrogen (secondary N) is 1. The molecule has 0 spiro atoms. The van der Waals surface area contributed by atoms with E-state index >= 15 is 0 Å². The summed E-state index contributed by atoms with van der Waals surface area (Å²) in [4.78, 5) is 14.6. The fourth-order valence-electron chi connectivity index (χ4n) is 1.47. The molecule has 0 unspecified atom stereocenters. The van der Waals surface area contributed by atoms with Gasteiger partial charge in [0.2, 0.25) is 0 Å². The fraction of sp³-hybridized carbons (Fsp3) is 0.167. The zero-order chi connectivity index (χ0) is 14.9. The molecule has 0 radical (unpaired) electrons. The maximum Gasteiger partial charge on any atom is 0.434 e. The molecule has 1 aromatic carbocycles. The number of hydrogen-bond acceptors (Lipinski definition) is 3. The maximum atomic E-state index is 12.7. The van der Waals surface area contributed by atoms with Gasteiger partial charge in [0, 0.05) is 10.2 Å². The molecule has 1 N–H and O–H groups in total. The van der Waals surface area contributed by atoms with Gasteiger partial charge in [0.15, 0.2) is 5.69 Å². The molecule has 106 valence electrons. The number of carbonyl (C=O) groups is 1. The minimum absolute atomic E-state index is 0.411. The van der Waals surface area contributed by atoms with E-state index in [1.54, 1.807) is 18.2 Å². The van der Waals surface area contributed by atoms with Crippen LogP contribution in [0.1, 0.15) is 20.9 Å². The van der Waals surface area contributed by atoms with Crippen LogP contribution < -0.4 is 5.32 Å². The highest BCUT2D eigenvalue weighted by atomic mass is 79.9. The lowest BCUT2D eigenvalue weighted by molar-refractivity contribution is -0.141. The third-order valence-electron chi connectivity index (χ3n) is 2.47. The van der Waals surface area contributed by atoms with E-state index in [9.17, 15) is 18.0 Å². The van der Waals surface area contributed by atoms with Crippen molar-refractivity contribution in [2.45, 2.75) is 13.1 Å². The van der Waals surface area contributed by atoms with Crippen LogP contribution in [0.15, 0.2) is 28.2 Å². The van der Waals surface area contributed by atoms with Crippen molar-refractivity contribution in [3.63, 3.8) is 0 Å². The summed E-state index contributed by atoms with van der Waals surface area (Å²) < 4.78 is 38.7. The second kappa shape index (κ2) is 5.53. The number of alkyl halides is 3. The van der Waals surface area contributed by atoms with Crippen LogP contribution in [0.2, 0.25) is 0 Å². The highest BCUT2D eigenvalue weighted by molar-refractivity contribution is 9.10. The Morgan fingerprint density at radius 3 is 2.70 bits per heavy atom. The lowest BCUT2D eigenvalue weighted by Gasteiger charge is -2.08. The van der Waals surface area contributed by atoms with Gasteiger partial charge in [0.25, 0.3) is 5.91 Å². The first kappa shape index (κ1) is 15.0. The normalized spacial score (nSPS) is 11.4. The van der Waals surface area contributed by atoms with E-state index in [-0.39, 0.29) is 0 Å². The Kier molecular flexibility index (Phi) is 4.14. The van der Waals surface area contributed by atoms with Crippen LogP contribution >= 0.6 is 27.3 Å². The lowest BCUT2D eigenvalue weighted by atomic mass is 10.2. The Morgan fingerprint density at radius 2 is 2.10 bits per heavy atom. The molecule has 0 aliphatic carbocycles. The van der Waals surface area contributed by atoms with Gasteiger partial charge < -0.3 is 5.32 Å². The maximum absolute atomic E-state index is 12.7.